The van der Waals surface area contributed by atoms with Crippen molar-refractivity contribution in [1.82, 2.24) is 4.98 Å². The molecule has 0 amide bonds. The van der Waals surface area contributed by atoms with Crippen LogP contribution in [-0.4, -0.2) is 4.98 Å². The molecule has 0 aliphatic heterocycles. The number of hydrogen-bond donors (Lipinski definition) is 0. The first kappa shape index (κ1) is 11.1. The summed E-state index contributed by atoms with van der Waals surface area (Å²) in [5.74, 6) is -0.227. The molecule has 0 N–H and O–H groups in total. The fourth-order valence-electron chi connectivity index (χ4n) is 2.37. The highest BCUT2D eigenvalue weighted by Gasteiger charge is 2.12. The number of rotatable bonds is 0. The van der Waals surface area contributed by atoms with Crippen molar-refractivity contribution < 1.29 is 4.39 Å². The predicted molar refractivity (Wildman–Crippen MR) is 79.6 cm³/mol. The third-order valence-corrected chi connectivity index (χ3v) is 4.69. The van der Waals surface area contributed by atoms with Crippen molar-refractivity contribution in [3.8, 4) is 0 Å². The van der Waals surface area contributed by atoms with Crippen LogP contribution in [0.4, 0.5) is 4.39 Å². The monoisotopic (exact) mass is 287 g/mol. The van der Waals surface area contributed by atoms with Crippen LogP contribution in [0.1, 0.15) is 0 Å². The molecule has 92 valence electrons. The number of fused-ring (bicyclic) bond motifs is 5. The number of thiophene rings is 1. The average Bonchev–Trinajstić information content (AvgIpc) is 2.77. The molecule has 2 aromatic heterocycles. The topological polar surface area (TPSA) is 12.9 Å². The van der Waals surface area contributed by atoms with Crippen molar-refractivity contribution in [3.63, 3.8) is 0 Å². The maximum absolute atomic E-state index is 13.3. The van der Waals surface area contributed by atoms with Crippen LogP contribution < -0.4 is 0 Å². The number of pyridine rings is 1. The quantitative estimate of drug-likeness (QED) is 0.395. The van der Waals surface area contributed by atoms with Crippen LogP contribution >= 0.6 is 22.9 Å². The van der Waals surface area contributed by atoms with E-state index in [9.17, 15) is 4.39 Å². The van der Waals surface area contributed by atoms with Gasteiger partial charge in [0, 0.05) is 20.9 Å². The van der Waals surface area contributed by atoms with Gasteiger partial charge in [0.05, 0.1) is 10.2 Å². The fourth-order valence-corrected chi connectivity index (χ4v) is 3.83. The highest BCUT2D eigenvalue weighted by atomic mass is 35.5. The Morgan fingerprint density at radius 1 is 1.00 bits per heavy atom. The standard InChI is InChI=1S/C15H7ClFNS/c16-15-10-4-2-1-3-9(10)14-13(18-15)11-6-5-8(17)7-12(11)19-14/h1-7H. The molecular formula is C15H7ClFNS. The molecule has 0 bridgehead atoms. The van der Waals surface area contributed by atoms with Gasteiger partial charge < -0.3 is 0 Å². The lowest BCUT2D eigenvalue weighted by molar-refractivity contribution is 0.630. The smallest absolute Gasteiger partial charge is 0.137 e. The van der Waals surface area contributed by atoms with Crippen LogP contribution in [0.15, 0.2) is 42.5 Å². The predicted octanol–water partition coefficient (Wildman–Crippen LogP) is 5.40. The van der Waals surface area contributed by atoms with Crippen LogP contribution in [0.25, 0.3) is 31.1 Å². The molecule has 4 heteroatoms. The third-order valence-electron chi connectivity index (χ3n) is 3.23. The summed E-state index contributed by atoms with van der Waals surface area (Å²) in [6.07, 6.45) is 0. The fraction of sp³-hybridized carbons (Fsp3) is 0. The maximum atomic E-state index is 13.3. The summed E-state index contributed by atoms with van der Waals surface area (Å²) in [6.45, 7) is 0. The summed E-state index contributed by atoms with van der Waals surface area (Å²) >= 11 is 7.80. The van der Waals surface area contributed by atoms with Gasteiger partial charge in [0.15, 0.2) is 0 Å². The zero-order valence-corrected chi connectivity index (χ0v) is 11.2. The first-order valence-corrected chi connectivity index (χ1v) is 6.99. The van der Waals surface area contributed by atoms with E-state index >= 15 is 0 Å². The molecule has 0 radical (unpaired) electrons. The highest BCUT2D eigenvalue weighted by molar-refractivity contribution is 7.26. The van der Waals surface area contributed by atoms with Crippen LogP contribution in [-0.2, 0) is 0 Å². The summed E-state index contributed by atoms with van der Waals surface area (Å²) in [7, 11) is 0. The minimum atomic E-state index is -0.227. The maximum Gasteiger partial charge on any atom is 0.137 e. The van der Waals surface area contributed by atoms with E-state index in [-0.39, 0.29) is 5.82 Å². The Hall–Kier alpha value is -1.71. The third kappa shape index (κ3) is 1.55. The Labute approximate surface area is 117 Å². The molecule has 0 saturated carbocycles. The molecule has 0 unspecified atom stereocenters. The number of halogens is 2. The van der Waals surface area contributed by atoms with Crippen LogP contribution in [0.5, 0.6) is 0 Å². The lowest BCUT2D eigenvalue weighted by Crippen LogP contribution is -1.81. The first-order chi connectivity index (χ1) is 9.24. The molecule has 4 rings (SSSR count). The van der Waals surface area contributed by atoms with Crippen LogP contribution in [0.2, 0.25) is 5.15 Å². The Morgan fingerprint density at radius 3 is 2.63 bits per heavy atom. The molecule has 2 heterocycles. The molecule has 19 heavy (non-hydrogen) atoms. The van der Waals surface area contributed by atoms with E-state index in [4.69, 9.17) is 11.6 Å². The van der Waals surface area contributed by atoms with Gasteiger partial charge in [0.25, 0.3) is 0 Å². The van der Waals surface area contributed by atoms with Gasteiger partial charge in [0.1, 0.15) is 11.0 Å². The second kappa shape index (κ2) is 3.89. The van der Waals surface area contributed by atoms with Crippen LogP contribution in [0, 0.1) is 5.82 Å². The van der Waals surface area contributed by atoms with Gasteiger partial charge in [-0.15, -0.1) is 11.3 Å². The SMILES string of the molecule is Fc1ccc2c(c1)sc1c3ccccc3c(Cl)nc21. The minimum absolute atomic E-state index is 0.227. The molecule has 4 aromatic rings. The zero-order chi connectivity index (χ0) is 13.0. The second-order valence-corrected chi connectivity index (χ2v) is 5.78. The summed E-state index contributed by atoms with van der Waals surface area (Å²) < 4.78 is 15.3. The van der Waals surface area contributed by atoms with E-state index in [1.807, 2.05) is 24.3 Å². The van der Waals surface area contributed by atoms with Gasteiger partial charge in [-0.3, -0.25) is 0 Å². The van der Waals surface area contributed by atoms with Crippen LogP contribution in [0.3, 0.4) is 0 Å². The Kier molecular flexibility index (Phi) is 2.28. The number of hydrogen-bond acceptors (Lipinski definition) is 2. The summed E-state index contributed by atoms with van der Waals surface area (Å²) in [6, 6.07) is 12.7. The van der Waals surface area contributed by atoms with Crippen molar-refractivity contribution in [2.45, 2.75) is 0 Å². The van der Waals surface area contributed by atoms with Crippen molar-refractivity contribution in [2.75, 3.05) is 0 Å². The molecule has 0 fully saturated rings. The lowest BCUT2D eigenvalue weighted by atomic mass is 10.1. The van der Waals surface area contributed by atoms with Crippen molar-refractivity contribution >= 4 is 54.0 Å². The van der Waals surface area contributed by atoms with Crippen molar-refractivity contribution in [1.29, 1.82) is 0 Å². The molecular weight excluding hydrogens is 281 g/mol. The normalized spacial score (nSPS) is 11.7. The van der Waals surface area contributed by atoms with Gasteiger partial charge in [-0.05, 0) is 18.2 Å². The molecule has 0 atom stereocenters. The molecule has 1 nitrogen and oxygen atoms in total. The van der Waals surface area contributed by atoms with Gasteiger partial charge in [0.2, 0.25) is 0 Å². The number of benzene rings is 2. The second-order valence-electron chi connectivity index (χ2n) is 4.37. The van der Waals surface area contributed by atoms with E-state index in [1.54, 1.807) is 23.5 Å². The Bertz CT molecular complexity index is 945. The molecule has 0 aliphatic carbocycles. The molecule has 2 aromatic carbocycles. The van der Waals surface area contributed by atoms with E-state index in [2.05, 4.69) is 4.98 Å². The average molecular weight is 288 g/mol. The summed E-state index contributed by atoms with van der Waals surface area (Å²) in [4.78, 5) is 4.48. The lowest BCUT2D eigenvalue weighted by Gasteiger charge is -2.01. The van der Waals surface area contributed by atoms with E-state index < -0.39 is 0 Å². The number of nitrogens with zero attached hydrogens (tertiary/aromatic N) is 1. The Morgan fingerprint density at radius 2 is 1.79 bits per heavy atom. The van der Waals surface area contributed by atoms with E-state index in [1.165, 1.54) is 6.07 Å². The molecule has 0 saturated heterocycles. The highest BCUT2D eigenvalue weighted by Crippen LogP contribution is 2.39. The van der Waals surface area contributed by atoms with E-state index in [0.29, 0.717) is 5.15 Å². The largest absolute Gasteiger partial charge is 0.234 e. The van der Waals surface area contributed by atoms with Gasteiger partial charge in [-0.25, -0.2) is 9.37 Å². The number of aromatic nitrogens is 1. The van der Waals surface area contributed by atoms with Gasteiger partial charge in [-0.1, -0.05) is 35.9 Å². The summed E-state index contributed by atoms with van der Waals surface area (Å²) in [5, 5.41) is 3.45. The zero-order valence-electron chi connectivity index (χ0n) is 9.65. The summed E-state index contributed by atoms with van der Waals surface area (Å²) in [5.41, 5.74) is 0.851. The molecule has 0 spiro atoms. The molecule has 0 aliphatic rings. The van der Waals surface area contributed by atoms with Gasteiger partial charge in [-0.2, -0.15) is 0 Å². The first-order valence-electron chi connectivity index (χ1n) is 5.80. The Balaban J connectivity index is 2.31. The van der Waals surface area contributed by atoms with E-state index in [0.717, 1.165) is 31.1 Å². The van der Waals surface area contributed by atoms with Crippen molar-refractivity contribution in [2.24, 2.45) is 0 Å². The van der Waals surface area contributed by atoms with Gasteiger partial charge >= 0.3 is 0 Å². The minimum Gasteiger partial charge on any atom is -0.234 e. The van der Waals surface area contributed by atoms with Crippen molar-refractivity contribution in [3.05, 3.63) is 53.4 Å².